The summed E-state index contributed by atoms with van der Waals surface area (Å²) in [7, 11) is 0. The average Bonchev–Trinajstić information content (AvgIpc) is 2.48. The van der Waals surface area contributed by atoms with E-state index in [1.807, 2.05) is 0 Å². The summed E-state index contributed by atoms with van der Waals surface area (Å²) >= 11 is 0.535. The Kier molecular flexibility index (Phi) is 6.83. The number of alkyl halides is 3. The first-order chi connectivity index (χ1) is 11.2. The number of anilines is 2. The van der Waals surface area contributed by atoms with Gasteiger partial charge in [-0.05, 0) is 36.8 Å². The molecule has 9 heteroatoms. The molecule has 4 nitrogen and oxygen atoms in total. The second kappa shape index (κ2) is 8.21. The van der Waals surface area contributed by atoms with Crippen molar-refractivity contribution in [3.8, 4) is 0 Å². The molecule has 0 radical (unpaired) electrons. The molecule has 2 aromatic carbocycles. The van der Waals surface area contributed by atoms with E-state index in [4.69, 9.17) is 5.73 Å². The van der Waals surface area contributed by atoms with E-state index in [1.165, 1.54) is 25.1 Å². The lowest BCUT2D eigenvalue weighted by molar-refractivity contribution is -0.105. The summed E-state index contributed by atoms with van der Waals surface area (Å²) in [6, 6.07) is 8.51. The van der Waals surface area contributed by atoms with Gasteiger partial charge in [-0.2, -0.15) is 13.2 Å². The molecule has 0 atom stereocenters. The Balaban J connectivity index is 0.00000312. The molecular formula is C16H17F4N3OS. The van der Waals surface area contributed by atoms with Crippen LogP contribution in [0.5, 0.6) is 0 Å². The van der Waals surface area contributed by atoms with Gasteiger partial charge in [-0.1, -0.05) is 12.1 Å². The maximum atomic E-state index is 14.0. The van der Waals surface area contributed by atoms with Crippen LogP contribution in [-0.4, -0.2) is 17.8 Å². The van der Waals surface area contributed by atoms with Crippen LogP contribution < -0.4 is 17.2 Å². The molecule has 0 bridgehead atoms. The number of carbonyl (C=O) groups excluding carboxylic acids is 1. The number of benzene rings is 2. The van der Waals surface area contributed by atoms with Gasteiger partial charge < -0.3 is 17.2 Å². The zero-order valence-electron chi connectivity index (χ0n) is 13.3. The highest BCUT2D eigenvalue weighted by Crippen LogP contribution is 2.32. The van der Waals surface area contributed by atoms with E-state index in [-0.39, 0.29) is 28.0 Å². The summed E-state index contributed by atoms with van der Waals surface area (Å²) < 4.78 is 51.1. The van der Waals surface area contributed by atoms with Crippen molar-refractivity contribution < 1.29 is 22.4 Å². The van der Waals surface area contributed by atoms with E-state index in [0.717, 1.165) is 6.07 Å². The summed E-state index contributed by atoms with van der Waals surface area (Å²) in [6.07, 6.45) is -4.34. The van der Waals surface area contributed by atoms with E-state index in [0.29, 0.717) is 17.3 Å². The number of para-hydroxylation sites is 1. The van der Waals surface area contributed by atoms with Crippen LogP contribution in [0.15, 0.2) is 41.3 Å². The Morgan fingerprint density at radius 2 is 1.88 bits per heavy atom. The molecule has 6 N–H and O–H groups in total. The number of carbonyl (C=O) groups is 1. The fourth-order valence-electron chi connectivity index (χ4n) is 1.96. The molecule has 0 aliphatic carbocycles. The predicted octanol–water partition coefficient (Wildman–Crippen LogP) is 4.79. The Hall–Kier alpha value is -2.26. The number of hydrogen-bond donors (Lipinski definition) is 3. The smallest absolute Gasteiger partial charge is 0.398 e. The molecule has 0 heterocycles. The quantitative estimate of drug-likeness (QED) is 0.407. The van der Waals surface area contributed by atoms with Gasteiger partial charge in [-0.15, -0.1) is 11.8 Å². The topological polar surface area (TPSA) is 90.1 Å². The first-order valence-electron chi connectivity index (χ1n) is 6.83. The highest BCUT2D eigenvalue weighted by atomic mass is 32.2. The molecular weight excluding hydrogens is 358 g/mol. The molecule has 2 aromatic rings. The molecule has 0 aromatic heterocycles. The molecule has 0 saturated heterocycles. The minimum Gasteiger partial charge on any atom is -0.398 e. The Morgan fingerprint density at radius 1 is 1.24 bits per heavy atom. The lowest BCUT2D eigenvalue weighted by Gasteiger charge is -2.13. The van der Waals surface area contributed by atoms with E-state index < -0.39 is 23.7 Å². The van der Waals surface area contributed by atoms with Crippen molar-refractivity contribution in [2.75, 3.05) is 16.8 Å². The molecule has 0 saturated carbocycles. The molecule has 0 fully saturated rings. The zero-order chi connectivity index (χ0) is 17.9. The third-order valence-corrected chi connectivity index (χ3v) is 4.33. The summed E-state index contributed by atoms with van der Waals surface area (Å²) in [5.41, 5.74) is 6.21. The maximum absolute atomic E-state index is 14.0. The number of rotatable bonds is 4. The van der Waals surface area contributed by atoms with Crippen molar-refractivity contribution in [1.29, 1.82) is 0 Å². The van der Waals surface area contributed by atoms with E-state index >= 15 is 0 Å². The number of nitrogen functional groups attached to an aromatic ring is 1. The number of amides is 1. The molecule has 0 unspecified atom stereocenters. The molecule has 2 rings (SSSR count). The highest BCUT2D eigenvalue weighted by molar-refractivity contribution is 7.99. The third kappa shape index (κ3) is 5.64. The normalized spacial score (nSPS) is 10.9. The van der Waals surface area contributed by atoms with E-state index in [2.05, 4.69) is 5.32 Å². The second-order valence-corrected chi connectivity index (χ2v) is 6.06. The van der Waals surface area contributed by atoms with Crippen molar-refractivity contribution in [1.82, 2.24) is 6.15 Å². The minimum absolute atomic E-state index is 0. The van der Waals surface area contributed by atoms with Crippen molar-refractivity contribution in [2.45, 2.75) is 18.0 Å². The Bertz CT molecular complexity index is 766. The van der Waals surface area contributed by atoms with Crippen LogP contribution in [0.2, 0.25) is 0 Å². The molecule has 0 aliphatic rings. The van der Waals surface area contributed by atoms with Crippen molar-refractivity contribution in [3.05, 3.63) is 53.3 Å². The number of hydrogen-bond acceptors (Lipinski definition) is 4. The maximum Gasteiger partial charge on any atom is 0.398 e. The van der Waals surface area contributed by atoms with Crippen LogP contribution in [0, 0.1) is 12.7 Å². The summed E-state index contributed by atoms with van der Waals surface area (Å²) in [5, 5.41) is 2.34. The van der Waals surface area contributed by atoms with Crippen LogP contribution in [-0.2, 0) is 0 Å². The first kappa shape index (κ1) is 20.8. The molecule has 25 heavy (non-hydrogen) atoms. The molecule has 0 aliphatic heterocycles. The lowest BCUT2D eigenvalue weighted by Crippen LogP contribution is -2.15. The fourth-order valence-corrected chi connectivity index (χ4v) is 2.76. The standard InChI is InChI=1S/C16H14F4N2OS.H3N/c1-9-6-11(17)13(7-14(9)24-8-16(18,19)20)22-15(23)10-4-2-3-5-12(10)21;/h2-7H,8,21H2,1H3,(H,22,23);1H3. The number of aryl methyl sites for hydroxylation is 1. The monoisotopic (exact) mass is 375 g/mol. The van der Waals surface area contributed by atoms with E-state index in [1.54, 1.807) is 12.1 Å². The van der Waals surface area contributed by atoms with Crippen LogP contribution in [0.25, 0.3) is 0 Å². The summed E-state index contributed by atoms with van der Waals surface area (Å²) in [4.78, 5) is 12.4. The van der Waals surface area contributed by atoms with Gasteiger partial charge in [0, 0.05) is 10.6 Å². The first-order valence-corrected chi connectivity index (χ1v) is 7.81. The van der Waals surface area contributed by atoms with Gasteiger partial charge in [0.1, 0.15) is 5.82 Å². The van der Waals surface area contributed by atoms with E-state index in [9.17, 15) is 22.4 Å². The van der Waals surface area contributed by atoms with Gasteiger partial charge in [0.15, 0.2) is 0 Å². The zero-order valence-corrected chi connectivity index (χ0v) is 14.1. The molecule has 1 amide bonds. The third-order valence-electron chi connectivity index (χ3n) is 3.11. The molecule has 0 spiro atoms. The predicted molar refractivity (Wildman–Crippen MR) is 91.7 cm³/mol. The van der Waals surface area contributed by atoms with Crippen LogP contribution >= 0.6 is 11.8 Å². The van der Waals surface area contributed by atoms with Crippen molar-refractivity contribution in [2.24, 2.45) is 0 Å². The molecule has 136 valence electrons. The van der Waals surface area contributed by atoms with Crippen molar-refractivity contribution in [3.63, 3.8) is 0 Å². The summed E-state index contributed by atoms with van der Waals surface area (Å²) in [6.45, 7) is 1.50. The van der Waals surface area contributed by atoms with Gasteiger partial charge in [0.2, 0.25) is 0 Å². The average molecular weight is 375 g/mol. The fraction of sp³-hybridized carbons (Fsp3) is 0.188. The van der Waals surface area contributed by atoms with Gasteiger partial charge >= 0.3 is 6.18 Å². The lowest BCUT2D eigenvalue weighted by atomic mass is 10.1. The number of halogens is 4. The summed E-state index contributed by atoms with van der Waals surface area (Å²) in [5.74, 6) is -2.47. The number of nitrogens with two attached hydrogens (primary N) is 1. The van der Waals surface area contributed by atoms with Gasteiger partial charge in [-0.3, -0.25) is 4.79 Å². The number of thioether (sulfide) groups is 1. The highest BCUT2D eigenvalue weighted by Gasteiger charge is 2.27. The van der Waals surface area contributed by atoms with Gasteiger partial charge in [0.25, 0.3) is 5.91 Å². The Morgan fingerprint density at radius 3 is 2.48 bits per heavy atom. The van der Waals surface area contributed by atoms with Gasteiger partial charge in [0.05, 0.1) is 17.0 Å². The van der Waals surface area contributed by atoms with Crippen LogP contribution in [0.1, 0.15) is 15.9 Å². The van der Waals surface area contributed by atoms with Gasteiger partial charge in [-0.25, -0.2) is 4.39 Å². The SMILES string of the molecule is Cc1cc(F)c(NC(=O)c2ccccc2N)cc1SCC(F)(F)F.N. The largest absolute Gasteiger partial charge is 0.398 e. The van der Waals surface area contributed by atoms with Crippen LogP contribution in [0.3, 0.4) is 0 Å². The Labute approximate surface area is 146 Å². The van der Waals surface area contributed by atoms with Crippen LogP contribution in [0.4, 0.5) is 28.9 Å². The minimum atomic E-state index is -4.34. The number of nitrogens with one attached hydrogen (secondary N) is 1. The van der Waals surface area contributed by atoms with Crippen molar-refractivity contribution >= 4 is 29.0 Å². The second-order valence-electron chi connectivity index (χ2n) is 5.04.